The van der Waals surface area contributed by atoms with E-state index in [4.69, 9.17) is 4.84 Å². The maximum Gasteiger partial charge on any atom is 0.0695 e. The fraction of sp³-hybridized carbons (Fsp3) is 1.00. The average molecular weight is 91.1 g/mol. The predicted molar refractivity (Wildman–Crippen MR) is 22.2 cm³/mol. The van der Waals surface area contributed by atoms with Crippen LogP contribution < -0.4 is 5.48 Å². The summed E-state index contributed by atoms with van der Waals surface area (Å²) in [5.74, 6) is 0. The topological polar surface area (TPSA) is 52.8 Å². The molecule has 0 aliphatic carbocycles. The number of hydroxylamine groups is 1. The molecule has 38 valence electrons. The second kappa shape index (κ2) is 3.08. The van der Waals surface area contributed by atoms with Crippen molar-refractivity contribution in [3.63, 3.8) is 0 Å². The minimum atomic E-state index is 0. The van der Waals surface area contributed by atoms with Crippen molar-refractivity contribution in [3.05, 3.63) is 0 Å². The Morgan fingerprint density at radius 2 is 2.33 bits per heavy atom. The van der Waals surface area contributed by atoms with Crippen LogP contribution in [-0.4, -0.2) is 18.6 Å². The largest absolute Gasteiger partial charge is 0.412 e. The normalized spacial score (nSPS) is 20.0. The molecule has 0 amide bonds. The van der Waals surface area contributed by atoms with Gasteiger partial charge in [-0.15, -0.1) is 0 Å². The monoisotopic (exact) mass is 91.1 g/mol. The van der Waals surface area contributed by atoms with Crippen molar-refractivity contribution in [1.29, 1.82) is 0 Å². The van der Waals surface area contributed by atoms with Crippen LogP contribution in [0.1, 0.15) is 6.42 Å². The highest BCUT2D eigenvalue weighted by Gasteiger charge is 1.93. The molecule has 0 saturated carbocycles. The molecule has 1 rings (SSSR count). The maximum atomic E-state index is 4.69. The van der Waals surface area contributed by atoms with E-state index in [9.17, 15) is 0 Å². The van der Waals surface area contributed by atoms with Gasteiger partial charge in [0, 0.05) is 6.54 Å². The summed E-state index contributed by atoms with van der Waals surface area (Å²) >= 11 is 0. The van der Waals surface area contributed by atoms with E-state index in [0.29, 0.717) is 0 Å². The molecule has 3 nitrogen and oxygen atoms in total. The molecule has 0 atom stereocenters. The molecule has 1 aliphatic rings. The van der Waals surface area contributed by atoms with E-state index >= 15 is 0 Å². The van der Waals surface area contributed by atoms with Gasteiger partial charge in [0.2, 0.25) is 0 Å². The van der Waals surface area contributed by atoms with E-state index in [2.05, 4.69) is 5.48 Å². The van der Waals surface area contributed by atoms with Gasteiger partial charge in [-0.3, -0.25) is 0 Å². The molecule has 1 heterocycles. The lowest BCUT2D eigenvalue weighted by molar-refractivity contribution is 0.103. The fourth-order valence-electron chi connectivity index (χ4n) is 0.361. The number of hydrogen-bond acceptors (Lipinski definition) is 2. The molecule has 0 radical (unpaired) electrons. The van der Waals surface area contributed by atoms with E-state index in [-0.39, 0.29) is 5.48 Å². The van der Waals surface area contributed by atoms with Crippen LogP contribution in [0.3, 0.4) is 0 Å². The Morgan fingerprint density at radius 3 is 2.50 bits per heavy atom. The molecule has 3 N–H and O–H groups in total. The van der Waals surface area contributed by atoms with Crippen molar-refractivity contribution in [2.45, 2.75) is 6.42 Å². The van der Waals surface area contributed by atoms with Crippen LogP contribution in [0.4, 0.5) is 0 Å². The molecule has 6 heavy (non-hydrogen) atoms. The number of hydrogen-bond donors (Lipinski definition) is 1. The molecular weight excluding hydrogens is 82.0 g/mol. The Labute approximate surface area is 36.6 Å². The summed E-state index contributed by atoms with van der Waals surface area (Å²) in [7, 11) is 0. The molecule has 1 fully saturated rings. The van der Waals surface area contributed by atoms with Crippen molar-refractivity contribution in [2.24, 2.45) is 0 Å². The second-order valence-electron chi connectivity index (χ2n) is 1.10. The van der Waals surface area contributed by atoms with Crippen LogP contribution in [0, 0.1) is 0 Å². The summed E-state index contributed by atoms with van der Waals surface area (Å²) in [4.78, 5) is 4.69. The lowest BCUT2D eigenvalue weighted by Gasteiger charge is -1.80. The molecule has 0 aromatic carbocycles. The van der Waals surface area contributed by atoms with Gasteiger partial charge >= 0.3 is 0 Å². The summed E-state index contributed by atoms with van der Waals surface area (Å²) in [6.07, 6.45) is 1.17. The van der Waals surface area contributed by atoms with Gasteiger partial charge in [-0.1, -0.05) is 0 Å². The molecule has 0 bridgehead atoms. The van der Waals surface area contributed by atoms with E-state index in [1.54, 1.807) is 0 Å². The van der Waals surface area contributed by atoms with Crippen LogP contribution in [0.15, 0.2) is 0 Å². The highest BCUT2D eigenvalue weighted by atomic mass is 16.6. The van der Waals surface area contributed by atoms with Crippen LogP contribution in [0.5, 0.6) is 0 Å². The number of rotatable bonds is 0. The van der Waals surface area contributed by atoms with E-state index in [1.165, 1.54) is 6.42 Å². The summed E-state index contributed by atoms with van der Waals surface area (Å²) in [6, 6.07) is 0. The smallest absolute Gasteiger partial charge is 0.0695 e. The first-order chi connectivity index (χ1) is 2.50. The Morgan fingerprint density at radius 1 is 1.50 bits per heavy atom. The predicted octanol–water partition coefficient (Wildman–Crippen LogP) is -0.913. The van der Waals surface area contributed by atoms with Gasteiger partial charge in [-0.2, -0.15) is 0 Å². The quantitative estimate of drug-likeness (QED) is 0.419. The summed E-state index contributed by atoms with van der Waals surface area (Å²) in [5, 5.41) is 0. The Kier molecular flexibility index (Phi) is 3.02. The minimum Gasteiger partial charge on any atom is -0.412 e. The standard InChI is InChI=1S/C3H7NO.H2O/c1-2-4-5-3-1;/h4H,1-3H2;1H2. The van der Waals surface area contributed by atoms with Crippen molar-refractivity contribution >= 4 is 0 Å². The lowest BCUT2D eigenvalue weighted by Crippen LogP contribution is -2.01. The average Bonchev–Trinajstić information content (AvgIpc) is 1.76. The lowest BCUT2D eigenvalue weighted by atomic mass is 10.5. The van der Waals surface area contributed by atoms with Crippen molar-refractivity contribution in [3.8, 4) is 0 Å². The highest BCUT2D eigenvalue weighted by molar-refractivity contribution is 4.40. The maximum absolute atomic E-state index is 4.69. The van der Waals surface area contributed by atoms with Gasteiger partial charge in [0.1, 0.15) is 0 Å². The van der Waals surface area contributed by atoms with Crippen molar-refractivity contribution in [2.75, 3.05) is 13.2 Å². The second-order valence-corrected chi connectivity index (χ2v) is 1.10. The summed E-state index contributed by atoms with van der Waals surface area (Å²) in [5.41, 5.74) is 2.72. The third-order valence-corrected chi connectivity index (χ3v) is 0.627. The van der Waals surface area contributed by atoms with Gasteiger partial charge in [0.05, 0.1) is 6.61 Å². The molecule has 1 aliphatic heterocycles. The first-order valence-electron chi connectivity index (χ1n) is 1.85. The summed E-state index contributed by atoms with van der Waals surface area (Å²) < 4.78 is 0. The van der Waals surface area contributed by atoms with Gasteiger partial charge in [0.15, 0.2) is 0 Å². The summed E-state index contributed by atoms with van der Waals surface area (Å²) in [6.45, 7) is 1.92. The van der Waals surface area contributed by atoms with Crippen molar-refractivity contribution in [1.82, 2.24) is 5.48 Å². The van der Waals surface area contributed by atoms with E-state index in [0.717, 1.165) is 13.2 Å². The first kappa shape index (κ1) is 5.88. The zero-order valence-corrected chi connectivity index (χ0v) is 3.53. The van der Waals surface area contributed by atoms with Gasteiger partial charge in [-0.25, -0.2) is 5.48 Å². The molecule has 1 saturated heterocycles. The van der Waals surface area contributed by atoms with Crippen LogP contribution in [-0.2, 0) is 4.84 Å². The Hall–Kier alpha value is -0.120. The molecule has 0 spiro atoms. The van der Waals surface area contributed by atoms with Gasteiger partial charge in [0.25, 0.3) is 0 Å². The molecule has 3 heteroatoms. The third-order valence-electron chi connectivity index (χ3n) is 0.627. The fourth-order valence-corrected chi connectivity index (χ4v) is 0.361. The zero-order chi connectivity index (χ0) is 3.54. The Balaban J connectivity index is 0.000000250. The molecular formula is C3H9NO2. The van der Waals surface area contributed by atoms with Crippen LogP contribution >= 0.6 is 0 Å². The Bertz CT molecular complexity index is 20.4. The zero-order valence-electron chi connectivity index (χ0n) is 3.53. The third kappa shape index (κ3) is 1.35. The minimum absolute atomic E-state index is 0. The SMILES string of the molecule is C1CNOC1.O. The highest BCUT2D eigenvalue weighted by Crippen LogP contribution is 1.83. The van der Waals surface area contributed by atoms with Gasteiger partial charge < -0.3 is 10.3 Å². The van der Waals surface area contributed by atoms with E-state index < -0.39 is 0 Å². The van der Waals surface area contributed by atoms with Gasteiger partial charge in [-0.05, 0) is 6.42 Å². The number of nitrogens with one attached hydrogen (secondary N) is 1. The first-order valence-corrected chi connectivity index (χ1v) is 1.85. The molecule has 0 aromatic rings. The molecule has 0 aromatic heterocycles. The van der Waals surface area contributed by atoms with Crippen molar-refractivity contribution < 1.29 is 10.3 Å². The van der Waals surface area contributed by atoms with Crippen LogP contribution in [0.2, 0.25) is 0 Å². The van der Waals surface area contributed by atoms with E-state index in [1.807, 2.05) is 0 Å². The van der Waals surface area contributed by atoms with Crippen LogP contribution in [0.25, 0.3) is 0 Å². The molecule has 0 unspecified atom stereocenters.